The van der Waals surface area contributed by atoms with Gasteiger partial charge in [0.05, 0.1) is 26.2 Å². The minimum absolute atomic E-state index is 0.0212. The number of hydrogen-bond acceptors (Lipinski definition) is 6. The fourth-order valence-corrected chi connectivity index (χ4v) is 4.48. The first-order valence-corrected chi connectivity index (χ1v) is 10.6. The van der Waals surface area contributed by atoms with Crippen molar-refractivity contribution in [1.82, 2.24) is 19.9 Å². The zero-order chi connectivity index (χ0) is 18.1. The van der Waals surface area contributed by atoms with Gasteiger partial charge in [0.2, 0.25) is 0 Å². The second kappa shape index (κ2) is 7.52. The van der Waals surface area contributed by atoms with Crippen LogP contribution in [0.5, 0.6) is 0 Å². The van der Waals surface area contributed by atoms with Gasteiger partial charge in [-0.1, -0.05) is 29.4 Å². The molecule has 26 heavy (non-hydrogen) atoms. The van der Waals surface area contributed by atoms with Gasteiger partial charge in [-0.15, -0.1) is 11.3 Å². The Balaban J connectivity index is 1.48. The van der Waals surface area contributed by atoms with E-state index in [-0.39, 0.29) is 5.56 Å². The minimum atomic E-state index is -0.0212. The molecule has 0 saturated heterocycles. The van der Waals surface area contributed by atoms with E-state index >= 15 is 0 Å². The van der Waals surface area contributed by atoms with Gasteiger partial charge in [0.1, 0.15) is 0 Å². The maximum absolute atomic E-state index is 12.3. The Labute approximate surface area is 164 Å². The number of thiophene rings is 1. The maximum atomic E-state index is 12.3. The van der Waals surface area contributed by atoms with Crippen molar-refractivity contribution in [3.8, 4) is 10.6 Å². The van der Waals surface area contributed by atoms with Gasteiger partial charge < -0.3 is 4.98 Å². The van der Waals surface area contributed by atoms with Crippen LogP contribution in [0, 0.1) is 0 Å². The lowest BCUT2D eigenvalue weighted by molar-refractivity contribution is 0.240. The summed E-state index contributed by atoms with van der Waals surface area (Å²) in [6.07, 6.45) is 4.62. The van der Waals surface area contributed by atoms with Crippen LogP contribution in [0.25, 0.3) is 10.6 Å². The lowest BCUT2D eigenvalue weighted by Crippen LogP contribution is -2.35. The van der Waals surface area contributed by atoms with E-state index < -0.39 is 0 Å². The number of H-pyrrole nitrogens is 1. The number of nitrogens with zero attached hydrogens (tertiary/aromatic N) is 3. The third-order valence-electron chi connectivity index (χ3n) is 4.38. The molecule has 134 valence electrons. The van der Waals surface area contributed by atoms with Crippen LogP contribution in [-0.2, 0) is 19.5 Å². The summed E-state index contributed by atoms with van der Waals surface area (Å²) in [4.78, 5) is 27.6. The molecule has 0 radical (unpaired) electrons. The highest BCUT2D eigenvalue weighted by Gasteiger charge is 2.21. The second-order valence-electron chi connectivity index (χ2n) is 6.12. The van der Waals surface area contributed by atoms with Crippen molar-refractivity contribution in [2.45, 2.75) is 24.7 Å². The molecule has 0 amide bonds. The van der Waals surface area contributed by atoms with Crippen LogP contribution in [-0.4, -0.2) is 32.7 Å². The average Bonchev–Trinajstić information content (AvgIpc) is 3.09. The summed E-state index contributed by atoms with van der Waals surface area (Å²) in [7, 11) is 0. The van der Waals surface area contributed by atoms with E-state index in [0.29, 0.717) is 11.7 Å². The number of halogens is 1. The highest BCUT2D eigenvalue weighted by molar-refractivity contribution is 7.98. The Morgan fingerprint density at radius 2 is 2.23 bits per heavy atom. The molecule has 5 nitrogen and oxygen atoms in total. The second-order valence-corrected chi connectivity index (χ2v) is 8.63. The molecule has 0 aliphatic carbocycles. The van der Waals surface area contributed by atoms with Gasteiger partial charge in [-0.25, -0.2) is 4.98 Å². The third-order valence-corrected chi connectivity index (χ3v) is 6.21. The van der Waals surface area contributed by atoms with Crippen LogP contribution >= 0.6 is 34.7 Å². The van der Waals surface area contributed by atoms with Crippen molar-refractivity contribution >= 4 is 34.7 Å². The van der Waals surface area contributed by atoms with Crippen molar-refractivity contribution in [2.75, 3.05) is 12.8 Å². The summed E-state index contributed by atoms with van der Waals surface area (Å²) < 4.78 is 0.765. The van der Waals surface area contributed by atoms with Crippen LogP contribution < -0.4 is 5.56 Å². The maximum Gasteiger partial charge on any atom is 0.256 e. The number of aromatic amines is 1. The predicted molar refractivity (Wildman–Crippen MR) is 107 cm³/mol. The number of pyridine rings is 1. The fourth-order valence-electron chi connectivity index (χ4n) is 3.06. The van der Waals surface area contributed by atoms with Gasteiger partial charge in [-0.3, -0.25) is 14.7 Å². The molecule has 0 atom stereocenters. The molecular formula is C18H17ClN4OS2. The first kappa shape index (κ1) is 17.7. The molecular weight excluding hydrogens is 388 g/mol. The number of hydrogen-bond donors (Lipinski definition) is 1. The van der Waals surface area contributed by atoms with Crippen LogP contribution in [0.4, 0.5) is 0 Å². The molecule has 4 heterocycles. The van der Waals surface area contributed by atoms with Gasteiger partial charge in [0.25, 0.3) is 5.56 Å². The highest BCUT2D eigenvalue weighted by Crippen LogP contribution is 2.29. The normalized spacial score (nSPS) is 14.4. The van der Waals surface area contributed by atoms with Gasteiger partial charge in [0, 0.05) is 32.3 Å². The summed E-state index contributed by atoms with van der Waals surface area (Å²) in [5, 5.41) is 0.690. The number of rotatable bonds is 4. The smallest absolute Gasteiger partial charge is 0.256 e. The van der Waals surface area contributed by atoms with Crippen LogP contribution in [0.3, 0.4) is 0 Å². The molecule has 0 bridgehead atoms. The Kier molecular flexibility index (Phi) is 5.13. The monoisotopic (exact) mass is 404 g/mol. The Bertz CT molecular complexity index is 984. The molecule has 8 heteroatoms. The standard InChI is InChI=1S/C18H17ClN4OS2/c1-25-18-21-13-6-7-23(10-12(13)17(24)22-18)9-11-2-3-14(20-8-11)15-4-5-16(19)26-15/h2-5,8H,6-7,9-10H2,1H3,(H,21,22,24). The fraction of sp³-hybridized carbons (Fsp3) is 0.278. The summed E-state index contributed by atoms with van der Waals surface area (Å²) in [6.45, 7) is 2.27. The summed E-state index contributed by atoms with van der Waals surface area (Å²) in [5.74, 6) is 0. The number of aromatic nitrogens is 3. The van der Waals surface area contributed by atoms with E-state index in [9.17, 15) is 4.79 Å². The molecule has 0 spiro atoms. The lowest BCUT2D eigenvalue weighted by Gasteiger charge is -2.27. The largest absolute Gasteiger partial charge is 0.301 e. The summed E-state index contributed by atoms with van der Waals surface area (Å²) in [6, 6.07) is 7.98. The average molecular weight is 405 g/mol. The first-order chi connectivity index (χ1) is 12.6. The Hall–Kier alpha value is -1.67. The number of fused-ring (bicyclic) bond motifs is 1. The highest BCUT2D eigenvalue weighted by atomic mass is 35.5. The van der Waals surface area contributed by atoms with Crippen molar-refractivity contribution in [3.05, 3.63) is 62.0 Å². The minimum Gasteiger partial charge on any atom is -0.301 e. The zero-order valence-corrected chi connectivity index (χ0v) is 16.5. The Morgan fingerprint density at radius 1 is 1.35 bits per heavy atom. The number of nitrogens with one attached hydrogen (secondary N) is 1. The van der Waals surface area contributed by atoms with Crippen LogP contribution in [0.2, 0.25) is 4.34 Å². The Morgan fingerprint density at radius 3 is 2.92 bits per heavy atom. The van der Waals surface area contributed by atoms with E-state index in [1.54, 1.807) is 0 Å². The van der Waals surface area contributed by atoms with Crippen molar-refractivity contribution < 1.29 is 0 Å². The molecule has 0 aromatic carbocycles. The van der Waals surface area contributed by atoms with E-state index in [2.05, 4.69) is 25.9 Å². The van der Waals surface area contributed by atoms with Crippen molar-refractivity contribution in [1.29, 1.82) is 0 Å². The molecule has 0 fully saturated rings. The van der Waals surface area contributed by atoms with Gasteiger partial charge >= 0.3 is 0 Å². The van der Waals surface area contributed by atoms with Crippen molar-refractivity contribution in [3.63, 3.8) is 0 Å². The summed E-state index contributed by atoms with van der Waals surface area (Å²) >= 11 is 8.98. The van der Waals surface area contributed by atoms with Crippen LogP contribution in [0.1, 0.15) is 16.8 Å². The van der Waals surface area contributed by atoms with Crippen LogP contribution in [0.15, 0.2) is 40.4 Å². The molecule has 1 aliphatic rings. The number of thioether (sulfide) groups is 1. The van der Waals surface area contributed by atoms with E-state index in [1.807, 2.05) is 30.7 Å². The quantitative estimate of drug-likeness (QED) is 0.529. The molecule has 4 rings (SSSR count). The SMILES string of the molecule is CSc1nc2c(c(=O)[nH]1)CN(Cc1ccc(-c3ccc(Cl)s3)nc1)CC2. The third kappa shape index (κ3) is 3.71. The van der Waals surface area contributed by atoms with Gasteiger partial charge in [0.15, 0.2) is 5.16 Å². The van der Waals surface area contributed by atoms with E-state index in [4.69, 9.17) is 11.6 Å². The molecule has 3 aromatic rings. The van der Waals surface area contributed by atoms with Gasteiger partial charge in [-0.05, 0) is 30.0 Å². The van der Waals surface area contributed by atoms with Gasteiger partial charge in [-0.2, -0.15) is 0 Å². The van der Waals surface area contributed by atoms with Crippen molar-refractivity contribution in [2.24, 2.45) is 0 Å². The van der Waals surface area contributed by atoms with E-state index in [1.165, 1.54) is 23.1 Å². The van der Waals surface area contributed by atoms with E-state index in [0.717, 1.165) is 51.2 Å². The first-order valence-electron chi connectivity index (χ1n) is 8.21. The lowest BCUT2D eigenvalue weighted by atomic mass is 10.1. The summed E-state index contributed by atoms with van der Waals surface area (Å²) in [5.41, 5.74) is 3.75. The molecule has 0 unspecified atom stereocenters. The molecule has 0 saturated carbocycles. The molecule has 3 aromatic heterocycles. The topological polar surface area (TPSA) is 61.9 Å². The molecule has 1 aliphatic heterocycles. The zero-order valence-electron chi connectivity index (χ0n) is 14.2. The molecule has 1 N–H and O–H groups in total. The predicted octanol–water partition coefficient (Wildman–Crippen LogP) is 3.83.